The van der Waals surface area contributed by atoms with Crippen LogP contribution in [0.1, 0.15) is 51.2 Å². The maximum atomic E-state index is 11.2. The minimum Gasteiger partial charge on any atom is -0.387 e. The summed E-state index contributed by atoms with van der Waals surface area (Å²) in [4.78, 5) is 7.21. The van der Waals surface area contributed by atoms with Crippen LogP contribution in [-0.4, -0.2) is 34.6 Å². The molecule has 29 heavy (non-hydrogen) atoms. The third-order valence-corrected chi connectivity index (χ3v) is 5.55. The van der Waals surface area contributed by atoms with Gasteiger partial charge in [-0.3, -0.25) is 0 Å². The lowest BCUT2D eigenvalue weighted by Gasteiger charge is -2.26. The first-order valence-corrected chi connectivity index (χ1v) is 11.1. The fourth-order valence-electron chi connectivity index (χ4n) is 3.66. The van der Waals surface area contributed by atoms with Gasteiger partial charge in [-0.25, -0.2) is 4.98 Å². The minimum absolute atomic E-state index is 0.571. The molecule has 0 radical (unpaired) electrons. The molecule has 0 aliphatic rings. The zero-order chi connectivity index (χ0) is 20.6. The zero-order valence-corrected chi connectivity index (χ0v) is 18.2. The van der Waals surface area contributed by atoms with Crippen LogP contribution < -0.4 is 0 Å². The smallest absolute Gasteiger partial charge is 0.0924 e. The van der Waals surface area contributed by atoms with Crippen LogP contribution >= 0.6 is 11.6 Å². The van der Waals surface area contributed by atoms with Crippen molar-refractivity contribution in [3.63, 3.8) is 0 Å². The molecular weight excluding hydrogens is 380 g/mol. The van der Waals surface area contributed by atoms with E-state index in [1.54, 1.807) is 0 Å². The van der Waals surface area contributed by atoms with Crippen LogP contribution in [-0.2, 0) is 0 Å². The Morgan fingerprint density at radius 1 is 0.966 bits per heavy atom. The van der Waals surface area contributed by atoms with E-state index in [9.17, 15) is 5.11 Å². The van der Waals surface area contributed by atoms with Gasteiger partial charge >= 0.3 is 0 Å². The second-order valence-corrected chi connectivity index (χ2v) is 8.08. The van der Waals surface area contributed by atoms with Gasteiger partial charge in [0.05, 0.1) is 17.3 Å². The van der Waals surface area contributed by atoms with E-state index in [-0.39, 0.29) is 0 Å². The summed E-state index contributed by atoms with van der Waals surface area (Å²) >= 11 is 6.24. The Labute approximate surface area is 179 Å². The molecule has 1 N–H and O–H groups in total. The van der Waals surface area contributed by atoms with Crippen molar-refractivity contribution in [2.75, 3.05) is 19.6 Å². The molecule has 3 aromatic rings. The van der Waals surface area contributed by atoms with Crippen molar-refractivity contribution in [2.24, 2.45) is 0 Å². The van der Waals surface area contributed by atoms with E-state index in [1.165, 1.54) is 0 Å². The molecule has 0 fully saturated rings. The van der Waals surface area contributed by atoms with Crippen LogP contribution in [0.15, 0.2) is 54.6 Å². The number of hydrogen-bond donors (Lipinski definition) is 1. The molecule has 3 rings (SSSR count). The number of hydrogen-bond acceptors (Lipinski definition) is 3. The Kier molecular flexibility index (Phi) is 8.05. The van der Waals surface area contributed by atoms with Gasteiger partial charge in [-0.05, 0) is 49.7 Å². The SMILES string of the molecule is CCCCN(CCCC)CC(O)c1cc(-c2ccccc2)nc2cc(Cl)ccc12. The van der Waals surface area contributed by atoms with Gasteiger partial charge in [-0.15, -0.1) is 0 Å². The van der Waals surface area contributed by atoms with E-state index < -0.39 is 6.10 Å². The molecule has 0 amide bonds. The van der Waals surface area contributed by atoms with Gasteiger partial charge in [0.15, 0.2) is 0 Å². The summed E-state index contributed by atoms with van der Waals surface area (Å²) in [6, 6.07) is 17.9. The first kappa shape index (κ1) is 21.8. The normalized spacial score (nSPS) is 12.6. The van der Waals surface area contributed by atoms with Crippen molar-refractivity contribution in [3.8, 4) is 11.3 Å². The second kappa shape index (κ2) is 10.7. The van der Waals surface area contributed by atoms with Crippen LogP contribution in [0, 0.1) is 0 Å². The highest BCUT2D eigenvalue weighted by Gasteiger charge is 2.18. The van der Waals surface area contributed by atoms with Crippen molar-refractivity contribution in [1.29, 1.82) is 0 Å². The Hall–Kier alpha value is -1.94. The summed E-state index contributed by atoms with van der Waals surface area (Å²) in [5.41, 5.74) is 3.64. The fraction of sp³-hybridized carbons (Fsp3) is 0.400. The molecular formula is C25H31ClN2O. The molecule has 1 heterocycles. The van der Waals surface area contributed by atoms with Crippen molar-refractivity contribution < 1.29 is 5.11 Å². The van der Waals surface area contributed by atoms with E-state index >= 15 is 0 Å². The van der Waals surface area contributed by atoms with Crippen molar-refractivity contribution in [2.45, 2.75) is 45.6 Å². The number of benzene rings is 2. The number of nitrogens with zero attached hydrogens (tertiary/aromatic N) is 2. The van der Waals surface area contributed by atoms with Crippen LogP contribution in [0.2, 0.25) is 5.02 Å². The van der Waals surface area contributed by atoms with Crippen LogP contribution in [0.5, 0.6) is 0 Å². The van der Waals surface area contributed by atoms with E-state index in [0.717, 1.165) is 66.5 Å². The number of pyridine rings is 1. The van der Waals surface area contributed by atoms with Crippen molar-refractivity contribution in [1.82, 2.24) is 9.88 Å². The van der Waals surface area contributed by atoms with Crippen LogP contribution in [0.3, 0.4) is 0 Å². The molecule has 3 nitrogen and oxygen atoms in total. The average molecular weight is 411 g/mol. The van der Waals surface area contributed by atoms with E-state index in [0.29, 0.717) is 11.6 Å². The van der Waals surface area contributed by atoms with Gasteiger partial charge in [-0.2, -0.15) is 0 Å². The Morgan fingerprint density at radius 2 is 1.66 bits per heavy atom. The summed E-state index contributed by atoms with van der Waals surface area (Å²) in [5.74, 6) is 0. The van der Waals surface area contributed by atoms with Gasteiger partial charge < -0.3 is 10.0 Å². The number of aromatic nitrogens is 1. The molecule has 154 valence electrons. The zero-order valence-electron chi connectivity index (χ0n) is 17.4. The summed E-state index contributed by atoms with van der Waals surface area (Å²) in [5, 5.41) is 12.8. The molecule has 0 bridgehead atoms. The number of unbranched alkanes of at least 4 members (excludes halogenated alkanes) is 2. The van der Waals surface area contributed by atoms with Gasteiger partial charge in [0, 0.05) is 22.5 Å². The summed E-state index contributed by atoms with van der Waals surface area (Å²) in [6.45, 7) is 7.10. The lowest BCUT2D eigenvalue weighted by Crippen LogP contribution is -2.31. The molecule has 0 spiro atoms. The van der Waals surface area contributed by atoms with Gasteiger partial charge in [0.1, 0.15) is 0 Å². The number of rotatable bonds is 10. The predicted molar refractivity (Wildman–Crippen MR) is 123 cm³/mol. The lowest BCUT2D eigenvalue weighted by atomic mass is 9.99. The minimum atomic E-state index is -0.571. The first-order chi connectivity index (χ1) is 14.1. The number of halogens is 1. The quantitative estimate of drug-likeness (QED) is 0.415. The Balaban J connectivity index is 1.97. The third-order valence-electron chi connectivity index (χ3n) is 5.32. The van der Waals surface area contributed by atoms with Crippen molar-refractivity contribution in [3.05, 3.63) is 65.2 Å². The molecule has 2 aromatic carbocycles. The fourth-order valence-corrected chi connectivity index (χ4v) is 3.83. The van der Waals surface area contributed by atoms with Gasteiger partial charge in [0.2, 0.25) is 0 Å². The van der Waals surface area contributed by atoms with Gasteiger partial charge in [0.25, 0.3) is 0 Å². The summed E-state index contributed by atoms with van der Waals surface area (Å²) in [6.07, 6.45) is 4.05. The highest BCUT2D eigenvalue weighted by molar-refractivity contribution is 6.31. The molecule has 1 aromatic heterocycles. The molecule has 4 heteroatoms. The third kappa shape index (κ3) is 5.79. The summed E-state index contributed by atoms with van der Waals surface area (Å²) < 4.78 is 0. The largest absolute Gasteiger partial charge is 0.387 e. The number of aliphatic hydroxyl groups excluding tert-OH is 1. The monoisotopic (exact) mass is 410 g/mol. The standard InChI is InChI=1S/C25H31ClN2O/c1-3-5-14-28(15-6-4-2)18-25(29)22-17-23(19-10-8-7-9-11-19)27-24-16-20(26)12-13-21(22)24/h7-13,16-17,25,29H,3-6,14-15,18H2,1-2H3. The van der Waals surface area contributed by atoms with E-state index in [4.69, 9.17) is 16.6 Å². The lowest BCUT2D eigenvalue weighted by molar-refractivity contribution is 0.112. The first-order valence-electron chi connectivity index (χ1n) is 10.7. The molecule has 0 aliphatic heterocycles. The molecule has 0 saturated heterocycles. The topological polar surface area (TPSA) is 36.4 Å². The second-order valence-electron chi connectivity index (χ2n) is 7.65. The highest BCUT2D eigenvalue weighted by atomic mass is 35.5. The van der Waals surface area contributed by atoms with Crippen LogP contribution in [0.4, 0.5) is 0 Å². The van der Waals surface area contributed by atoms with Crippen molar-refractivity contribution >= 4 is 22.5 Å². The van der Waals surface area contributed by atoms with E-state index in [1.807, 2.05) is 54.6 Å². The molecule has 0 saturated carbocycles. The van der Waals surface area contributed by atoms with Crippen LogP contribution in [0.25, 0.3) is 22.2 Å². The average Bonchev–Trinajstić information content (AvgIpc) is 2.75. The highest BCUT2D eigenvalue weighted by Crippen LogP contribution is 2.30. The Morgan fingerprint density at radius 3 is 2.31 bits per heavy atom. The number of fused-ring (bicyclic) bond motifs is 1. The number of aliphatic hydroxyl groups is 1. The van der Waals surface area contributed by atoms with E-state index in [2.05, 4.69) is 18.7 Å². The maximum absolute atomic E-state index is 11.2. The maximum Gasteiger partial charge on any atom is 0.0924 e. The van der Waals surface area contributed by atoms with Gasteiger partial charge in [-0.1, -0.05) is 74.7 Å². The molecule has 1 unspecified atom stereocenters. The Bertz CT molecular complexity index is 905. The molecule has 1 atom stereocenters. The molecule has 0 aliphatic carbocycles. The predicted octanol–water partition coefficient (Wildman–Crippen LogP) is 6.49. The summed E-state index contributed by atoms with van der Waals surface area (Å²) in [7, 11) is 0.